The van der Waals surface area contributed by atoms with Gasteiger partial charge in [-0.2, -0.15) is 0 Å². The van der Waals surface area contributed by atoms with Gasteiger partial charge in [-0.25, -0.2) is 4.79 Å². The Morgan fingerprint density at radius 1 is 1.47 bits per heavy atom. The largest absolute Gasteiger partial charge is 0.465 e. The Kier molecular flexibility index (Phi) is 2.58. The summed E-state index contributed by atoms with van der Waals surface area (Å²) in [5.41, 5.74) is 8.67. The van der Waals surface area contributed by atoms with Gasteiger partial charge in [0.1, 0.15) is 0 Å². The molecule has 0 aliphatic heterocycles. The Balaban J connectivity index is 2.55. The predicted molar refractivity (Wildman–Crippen MR) is 56.6 cm³/mol. The number of carbonyl (C=O) groups is 1. The van der Waals surface area contributed by atoms with Crippen molar-refractivity contribution in [3.63, 3.8) is 0 Å². The lowest BCUT2D eigenvalue weighted by Crippen LogP contribution is -2.16. The molecule has 0 saturated heterocycles. The number of fused-ring (bicyclic) bond motifs is 1. The lowest BCUT2D eigenvalue weighted by molar-refractivity contribution is 0.0600. The zero-order valence-electron chi connectivity index (χ0n) is 8.75. The zero-order chi connectivity index (χ0) is 10.8. The molecule has 1 aromatic heterocycles. The van der Waals surface area contributed by atoms with E-state index in [2.05, 4.69) is 4.98 Å². The van der Waals surface area contributed by atoms with Crippen LogP contribution in [0.5, 0.6) is 0 Å². The Hall–Kier alpha value is -1.58. The smallest absolute Gasteiger partial charge is 0.340 e. The van der Waals surface area contributed by atoms with Gasteiger partial charge >= 0.3 is 5.97 Å². The second-order valence-corrected chi connectivity index (χ2v) is 3.71. The van der Waals surface area contributed by atoms with E-state index in [0.29, 0.717) is 11.3 Å². The standard InChI is InChI=1S/C11H14N2O2/c1-15-11(14)10-7-4-2-3-5-9(7)13-6-8(10)12/h6H,2-5,12H2,1H3. The van der Waals surface area contributed by atoms with E-state index in [9.17, 15) is 4.79 Å². The molecule has 0 amide bonds. The van der Waals surface area contributed by atoms with Gasteiger partial charge in [0.15, 0.2) is 0 Å². The first kappa shape index (κ1) is 9.96. The lowest BCUT2D eigenvalue weighted by Gasteiger charge is -2.18. The summed E-state index contributed by atoms with van der Waals surface area (Å²) < 4.78 is 4.74. The minimum atomic E-state index is -0.354. The van der Waals surface area contributed by atoms with Crippen LogP contribution in [0.3, 0.4) is 0 Å². The molecule has 0 atom stereocenters. The minimum absolute atomic E-state index is 0.354. The summed E-state index contributed by atoms with van der Waals surface area (Å²) in [6.45, 7) is 0. The molecule has 0 fully saturated rings. The number of hydrogen-bond acceptors (Lipinski definition) is 4. The van der Waals surface area contributed by atoms with Crippen molar-refractivity contribution in [2.24, 2.45) is 0 Å². The normalized spacial score (nSPS) is 14.5. The summed E-state index contributed by atoms with van der Waals surface area (Å²) in [6.07, 6.45) is 5.57. The third-order valence-corrected chi connectivity index (χ3v) is 2.78. The summed E-state index contributed by atoms with van der Waals surface area (Å²) in [4.78, 5) is 15.8. The molecule has 2 rings (SSSR count). The molecule has 0 saturated carbocycles. The fraction of sp³-hybridized carbons (Fsp3) is 0.455. The summed E-state index contributed by atoms with van der Waals surface area (Å²) in [6, 6.07) is 0. The number of anilines is 1. The van der Waals surface area contributed by atoms with Crippen molar-refractivity contribution in [2.75, 3.05) is 12.8 Å². The first-order valence-corrected chi connectivity index (χ1v) is 5.08. The number of rotatable bonds is 1. The molecule has 0 radical (unpaired) electrons. The van der Waals surface area contributed by atoms with Gasteiger partial charge in [0, 0.05) is 5.69 Å². The van der Waals surface area contributed by atoms with Gasteiger partial charge in [0.2, 0.25) is 0 Å². The van der Waals surface area contributed by atoms with Crippen LogP contribution in [0.2, 0.25) is 0 Å². The van der Waals surface area contributed by atoms with Crippen LogP contribution in [-0.2, 0) is 17.6 Å². The molecule has 1 aliphatic carbocycles. The van der Waals surface area contributed by atoms with E-state index in [0.717, 1.165) is 36.9 Å². The quantitative estimate of drug-likeness (QED) is 0.704. The molecule has 4 heteroatoms. The van der Waals surface area contributed by atoms with Crippen molar-refractivity contribution in [1.29, 1.82) is 0 Å². The molecule has 0 spiro atoms. The molecule has 1 heterocycles. The Bertz CT molecular complexity index is 402. The number of aromatic nitrogens is 1. The van der Waals surface area contributed by atoms with Crippen molar-refractivity contribution in [3.8, 4) is 0 Å². The van der Waals surface area contributed by atoms with Crippen LogP contribution in [0.25, 0.3) is 0 Å². The molecular weight excluding hydrogens is 192 g/mol. The first-order chi connectivity index (χ1) is 7.24. The topological polar surface area (TPSA) is 65.2 Å². The van der Waals surface area contributed by atoms with Crippen LogP contribution in [0, 0.1) is 0 Å². The predicted octanol–water partition coefficient (Wildman–Crippen LogP) is 1.33. The zero-order valence-corrected chi connectivity index (χ0v) is 8.75. The first-order valence-electron chi connectivity index (χ1n) is 5.08. The Morgan fingerprint density at radius 3 is 2.93 bits per heavy atom. The van der Waals surface area contributed by atoms with Crippen LogP contribution < -0.4 is 5.73 Å². The van der Waals surface area contributed by atoms with Gasteiger partial charge in [-0.1, -0.05) is 0 Å². The number of esters is 1. The van der Waals surface area contributed by atoms with Crippen molar-refractivity contribution in [1.82, 2.24) is 4.98 Å². The van der Waals surface area contributed by atoms with Crippen LogP contribution in [0.1, 0.15) is 34.5 Å². The second kappa shape index (κ2) is 3.88. The molecule has 1 aromatic rings. The number of nitrogens with zero attached hydrogens (tertiary/aromatic N) is 1. The molecule has 0 bridgehead atoms. The molecule has 2 N–H and O–H groups in total. The number of nitrogens with two attached hydrogens (primary N) is 1. The maximum atomic E-state index is 11.6. The molecule has 80 valence electrons. The number of nitrogen functional groups attached to an aromatic ring is 1. The molecule has 0 aromatic carbocycles. The van der Waals surface area contributed by atoms with Gasteiger partial charge in [-0.05, 0) is 31.2 Å². The summed E-state index contributed by atoms with van der Waals surface area (Å²) in [5.74, 6) is -0.354. The Morgan fingerprint density at radius 2 is 2.20 bits per heavy atom. The Labute approximate surface area is 88.4 Å². The average molecular weight is 206 g/mol. The van der Waals surface area contributed by atoms with Crippen LogP contribution in [0.15, 0.2) is 6.20 Å². The lowest BCUT2D eigenvalue weighted by atomic mass is 9.91. The SMILES string of the molecule is COC(=O)c1c(N)cnc2c1CCCC2. The van der Waals surface area contributed by atoms with E-state index < -0.39 is 0 Å². The highest BCUT2D eigenvalue weighted by atomic mass is 16.5. The molecule has 0 unspecified atom stereocenters. The van der Waals surface area contributed by atoms with Gasteiger partial charge < -0.3 is 10.5 Å². The van der Waals surface area contributed by atoms with E-state index in [1.54, 1.807) is 6.20 Å². The van der Waals surface area contributed by atoms with Gasteiger partial charge in [0.25, 0.3) is 0 Å². The number of pyridine rings is 1. The van der Waals surface area contributed by atoms with Crippen molar-refractivity contribution in [2.45, 2.75) is 25.7 Å². The number of ether oxygens (including phenoxy) is 1. The van der Waals surface area contributed by atoms with Gasteiger partial charge in [-0.15, -0.1) is 0 Å². The fourth-order valence-electron chi connectivity index (χ4n) is 2.03. The van der Waals surface area contributed by atoms with Crippen LogP contribution in [0.4, 0.5) is 5.69 Å². The van der Waals surface area contributed by atoms with Crippen molar-refractivity contribution >= 4 is 11.7 Å². The maximum absolute atomic E-state index is 11.6. The van der Waals surface area contributed by atoms with E-state index in [1.165, 1.54) is 7.11 Å². The third kappa shape index (κ3) is 1.67. The van der Waals surface area contributed by atoms with E-state index in [1.807, 2.05) is 0 Å². The highest BCUT2D eigenvalue weighted by molar-refractivity contribution is 5.96. The third-order valence-electron chi connectivity index (χ3n) is 2.78. The van der Waals surface area contributed by atoms with Gasteiger partial charge in [0.05, 0.1) is 24.6 Å². The molecule has 4 nitrogen and oxygen atoms in total. The second-order valence-electron chi connectivity index (χ2n) is 3.71. The van der Waals surface area contributed by atoms with E-state index in [4.69, 9.17) is 10.5 Å². The number of carbonyl (C=O) groups excluding carboxylic acids is 1. The van der Waals surface area contributed by atoms with Crippen LogP contribution in [-0.4, -0.2) is 18.1 Å². The van der Waals surface area contributed by atoms with Crippen molar-refractivity contribution in [3.05, 3.63) is 23.0 Å². The highest BCUT2D eigenvalue weighted by Gasteiger charge is 2.21. The summed E-state index contributed by atoms with van der Waals surface area (Å²) in [5, 5.41) is 0. The average Bonchev–Trinajstić information content (AvgIpc) is 2.28. The minimum Gasteiger partial charge on any atom is -0.465 e. The number of aryl methyl sites for hydroxylation is 1. The van der Waals surface area contributed by atoms with Crippen LogP contribution >= 0.6 is 0 Å². The molecule has 15 heavy (non-hydrogen) atoms. The summed E-state index contributed by atoms with van der Waals surface area (Å²) >= 11 is 0. The van der Waals surface area contributed by atoms with E-state index >= 15 is 0 Å². The highest BCUT2D eigenvalue weighted by Crippen LogP contribution is 2.26. The summed E-state index contributed by atoms with van der Waals surface area (Å²) in [7, 11) is 1.37. The molecule has 1 aliphatic rings. The van der Waals surface area contributed by atoms with Gasteiger partial charge in [-0.3, -0.25) is 4.98 Å². The fourth-order valence-corrected chi connectivity index (χ4v) is 2.03. The molecular formula is C11H14N2O2. The monoisotopic (exact) mass is 206 g/mol. The number of methoxy groups -OCH3 is 1. The maximum Gasteiger partial charge on any atom is 0.340 e. The van der Waals surface area contributed by atoms with E-state index in [-0.39, 0.29) is 5.97 Å². The number of hydrogen-bond donors (Lipinski definition) is 1. The van der Waals surface area contributed by atoms with Crippen molar-refractivity contribution < 1.29 is 9.53 Å².